The Morgan fingerprint density at radius 1 is 1.37 bits per heavy atom. The van der Waals surface area contributed by atoms with Crippen LogP contribution < -0.4 is 5.32 Å². The van der Waals surface area contributed by atoms with E-state index >= 15 is 0 Å². The summed E-state index contributed by atoms with van der Waals surface area (Å²) in [5, 5.41) is 21.0. The topological polar surface area (TPSA) is 99.1 Å². The molecule has 1 aliphatic heterocycles. The molecule has 7 nitrogen and oxygen atoms in total. The van der Waals surface area contributed by atoms with Gasteiger partial charge in [0.2, 0.25) is 5.91 Å². The molecule has 0 bridgehead atoms. The second-order valence-corrected chi connectivity index (χ2v) is 5.01. The first kappa shape index (κ1) is 15.7. The first-order valence-electron chi connectivity index (χ1n) is 6.39. The Bertz CT molecular complexity index is 332. The van der Waals surface area contributed by atoms with Crippen LogP contribution in [-0.2, 0) is 9.53 Å². The van der Waals surface area contributed by atoms with Gasteiger partial charge in [-0.05, 0) is 18.8 Å². The van der Waals surface area contributed by atoms with Gasteiger partial charge in [0.25, 0.3) is 0 Å². The maximum absolute atomic E-state index is 12.4. The Hall–Kier alpha value is -1.34. The largest absolute Gasteiger partial charge is 0.453 e. The molecular weight excluding hydrogens is 252 g/mol. The van der Waals surface area contributed by atoms with E-state index in [0.717, 1.165) is 6.42 Å². The van der Waals surface area contributed by atoms with E-state index in [0.29, 0.717) is 13.0 Å². The maximum atomic E-state index is 12.4. The van der Waals surface area contributed by atoms with Crippen LogP contribution in [0.25, 0.3) is 0 Å². The average Bonchev–Trinajstić information content (AvgIpc) is 2.83. The van der Waals surface area contributed by atoms with Crippen molar-refractivity contribution in [1.29, 1.82) is 0 Å². The molecule has 0 spiro atoms. The zero-order valence-electron chi connectivity index (χ0n) is 11.5. The maximum Gasteiger partial charge on any atom is 0.407 e. The number of nitrogens with one attached hydrogen (secondary N) is 1. The van der Waals surface area contributed by atoms with E-state index in [2.05, 4.69) is 10.1 Å². The average molecular weight is 274 g/mol. The molecule has 110 valence electrons. The number of likely N-dealkylation sites (tertiary alicyclic amines) is 1. The molecule has 0 unspecified atom stereocenters. The molecule has 2 atom stereocenters. The van der Waals surface area contributed by atoms with Crippen molar-refractivity contribution in [3.63, 3.8) is 0 Å². The highest BCUT2D eigenvalue weighted by Crippen LogP contribution is 2.21. The van der Waals surface area contributed by atoms with Crippen molar-refractivity contribution in [2.45, 2.75) is 45.1 Å². The normalized spacial score (nSPS) is 20.8. The van der Waals surface area contributed by atoms with Gasteiger partial charge in [-0.25, -0.2) is 4.79 Å². The van der Waals surface area contributed by atoms with Crippen molar-refractivity contribution >= 4 is 12.0 Å². The summed E-state index contributed by atoms with van der Waals surface area (Å²) in [5.74, 6) is -0.431. The predicted octanol–water partition coefficient (Wildman–Crippen LogP) is -0.331. The van der Waals surface area contributed by atoms with Crippen LogP contribution in [0.1, 0.15) is 26.7 Å². The highest BCUT2D eigenvalue weighted by atomic mass is 16.5. The zero-order valence-corrected chi connectivity index (χ0v) is 11.5. The third-order valence-electron chi connectivity index (χ3n) is 3.32. The lowest BCUT2D eigenvalue weighted by Gasteiger charge is -2.31. The van der Waals surface area contributed by atoms with E-state index in [1.54, 1.807) is 13.8 Å². The standard InChI is InChI=1S/C12H22N2O5/c1-7(2)9(13-12(18)19-3)10(15)14-6-4-5-8(14)11(16)17/h7-9,11,16-17H,4-6H2,1-3H3,(H,13,18)/t8-,9+/m0/s1. The monoisotopic (exact) mass is 274 g/mol. The van der Waals surface area contributed by atoms with E-state index in [4.69, 9.17) is 0 Å². The molecule has 0 aromatic heterocycles. The number of nitrogens with zero attached hydrogens (tertiary/aromatic N) is 1. The number of amides is 2. The van der Waals surface area contributed by atoms with Crippen LogP contribution in [0, 0.1) is 5.92 Å². The lowest BCUT2D eigenvalue weighted by Crippen LogP contribution is -2.54. The Labute approximate surface area is 112 Å². The highest BCUT2D eigenvalue weighted by Gasteiger charge is 2.37. The summed E-state index contributed by atoms with van der Waals surface area (Å²) in [6.07, 6.45) is -0.964. The molecule has 1 rings (SSSR count). The lowest BCUT2D eigenvalue weighted by atomic mass is 10.0. The number of rotatable bonds is 4. The van der Waals surface area contributed by atoms with Crippen molar-refractivity contribution < 1.29 is 24.5 Å². The van der Waals surface area contributed by atoms with E-state index in [-0.39, 0.29) is 11.8 Å². The zero-order chi connectivity index (χ0) is 14.6. The van der Waals surface area contributed by atoms with Gasteiger partial charge in [0, 0.05) is 6.54 Å². The molecule has 1 heterocycles. The third kappa shape index (κ3) is 3.81. The predicted molar refractivity (Wildman–Crippen MR) is 67.1 cm³/mol. The summed E-state index contributed by atoms with van der Waals surface area (Å²) in [4.78, 5) is 25.1. The molecular formula is C12H22N2O5. The smallest absolute Gasteiger partial charge is 0.407 e. The van der Waals surface area contributed by atoms with Crippen LogP contribution in [0.15, 0.2) is 0 Å². The summed E-state index contributed by atoms with van der Waals surface area (Å²) in [5.41, 5.74) is 0. The molecule has 3 N–H and O–H groups in total. The quantitative estimate of drug-likeness (QED) is 0.610. The Kier molecular flexibility index (Phi) is 5.56. The van der Waals surface area contributed by atoms with E-state index in [9.17, 15) is 19.8 Å². The molecule has 1 aliphatic rings. The minimum atomic E-state index is -1.56. The van der Waals surface area contributed by atoms with Crippen LogP contribution >= 0.6 is 0 Å². The molecule has 19 heavy (non-hydrogen) atoms. The first-order valence-corrected chi connectivity index (χ1v) is 6.39. The molecule has 0 aromatic rings. The van der Waals surface area contributed by atoms with E-state index in [1.165, 1.54) is 12.0 Å². The summed E-state index contributed by atoms with van der Waals surface area (Å²) in [7, 11) is 1.23. The number of hydrogen-bond donors (Lipinski definition) is 3. The Morgan fingerprint density at radius 3 is 2.47 bits per heavy atom. The lowest BCUT2D eigenvalue weighted by molar-refractivity contribution is -0.146. The fourth-order valence-corrected chi connectivity index (χ4v) is 2.25. The van der Waals surface area contributed by atoms with Crippen LogP contribution in [0.5, 0.6) is 0 Å². The summed E-state index contributed by atoms with van der Waals surface area (Å²) < 4.78 is 4.50. The number of carbonyl (C=O) groups excluding carboxylic acids is 2. The summed E-state index contributed by atoms with van der Waals surface area (Å²) in [6.45, 7) is 4.07. The second-order valence-electron chi connectivity index (χ2n) is 5.01. The Balaban J connectivity index is 2.78. The van der Waals surface area contributed by atoms with Crippen LogP contribution in [-0.4, -0.2) is 59.1 Å². The Morgan fingerprint density at radius 2 is 2.00 bits per heavy atom. The number of aliphatic hydroxyl groups is 2. The number of alkyl carbamates (subject to hydrolysis) is 1. The molecule has 1 saturated heterocycles. The third-order valence-corrected chi connectivity index (χ3v) is 3.32. The number of hydrogen-bond acceptors (Lipinski definition) is 5. The number of aliphatic hydroxyl groups excluding tert-OH is 1. The van der Waals surface area contributed by atoms with Crippen LogP contribution in [0.4, 0.5) is 4.79 Å². The van der Waals surface area contributed by atoms with Crippen LogP contribution in [0.3, 0.4) is 0 Å². The molecule has 0 saturated carbocycles. The van der Waals surface area contributed by atoms with Gasteiger partial charge in [0.05, 0.1) is 13.2 Å². The molecule has 0 aliphatic carbocycles. The second kappa shape index (κ2) is 6.72. The first-order chi connectivity index (χ1) is 8.88. The van der Waals surface area contributed by atoms with Gasteiger partial charge in [-0.1, -0.05) is 13.8 Å². The van der Waals surface area contributed by atoms with Crippen molar-refractivity contribution in [1.82, 2.24) is 10.2 Å². The number of ether oxygens (including phenoxy) is 1. The SMILES string of the molecule is COC(=O)N[C@@H](C(=O)N1CCC[C@H]1C(O)O)C(C)C. The molecule has 2 amide bonds. The fraction of sp³-hybridized carbons (Fsp3) is 0.833. The molecule has 0 aromatic carbocycles. The van der Waals surface area contributed by atoms with Crippen LogP contribution in [0.2, 0.25) is 0 Å². The van der Waals surface area contributed by atoms with Gasteiger partial charge in [-0.3, -0.25) is 4.79 Å². The van der Waals surface area contributed by atoms with Crippen molar-refractivity contribution in [2.75, 3.05) is 13.7 Å². The van der Waals surface area contributed by atoms with Gasteiger partial charge in [0.15, 0.2) is 6.29 Å². The van der Waals surface area contributed by atoms with Crippen molar-refractivity contribution in [3.05, 3.63) is 0 Å². The van der Waals surface area contributed by atoms with Gasteiger partial charge in [-0.2, -0.15) is 0 Å². The van der Waals surface area contributed by atoms with Crippen molar-refractivity contribution in [3.8, 4) is 0 Å². The van der Waals surface area contributed by atoms with E-state index in [1.807, 2.05) is 0 Å². The van der Waals surface area contributed by atoms with E-state index < -0.39 is 24.5 Å². The molecule has 7 heteroatoms. The fourth-order valence-electron chi connectivity index (χ4n) is 2.25. The van der Waals surface area contributed by atoms with Gasteiger partial charge in [0.1, 0.15) is 6.04 Å². The molecule has 1 fully saturated rings. The number of methoxy groups -OCH3 is 1. The minimum Gasteiger partial charge on any atom is -0.453 e. The van der Waals surface area contributed by atoms with Gasteiger partial charge < -0.3 is 25.2 Å². The molecule has 0 radical (unpaired) electrons. The van der Waals surface area contributed by atoms with Crippen molar-refractivity contribution in [2.24, 2.45) is 5.92 Å². The summed E-state index contributed by atoms with van der Waals surface area (Å²) in [6, 6.07) is -1.33. The number of carbonyl (C=O) groups is 2. The van der Waals surface area contributed by atoms with Gasteiger partial charge >= 0.3 is 6.09 Å². The van der Waals surface area contributed by atoms with Gasteiger partial charge in [-0.15, -0.1) is 0 Å². The highest BCUT2D eigenvalue weighted by molar-refractivity contribution is 5.86. The summed E-state index contributed by atoms with van der Waals surface area (Å²) >= 11 is 0. The minimum absolute atomic E-state index is 0.122.